The van der Waals surface area contributed by atoms with Gasteiger partial charge in [-0.3, -0.25) is 9.59 Å². The molecular formula is C23H23FN2O2. The maximum Gasteiger partial charge on any atom is 0.251 e. The van der Waals surface area contributed by atoms with Gasteiger partial charge >= 0.3 is 0 Å². The molecule has 1 fully saturated rings. The summed E-state index contributed by atoms with van der Waals surface area (Å²) < 4.78 is 13.3. The van der Waals surface area contributed by atoms with E-state index >= 15 is 0 Å². The zero-order valence-electron chi connectivity index (χ0n) is 15.7. The number of hydrogen-bond acceptors (Lipinski definition) is 2. The number of nitrogens with zero attached hydrogens (tertiary/aromatic N) is 1. The van der Waals surface area contributed by atoms with Gasteiger partial charge in [-0.2, -0.15) is 0 Å². The Hall–Kier alpha value is -2.95. The summed E-state index contributed by atoms with van der Waals surface area (Å²) in [6.07, 6.45) is 3.99. The maximum atomic E-state index is 13.3. The van der Waals surface area contributed by atoms with Crippen LogP contribution in [0.2, 0.25) is 0 Å². The predicted octanol–water partition coefficient (Wildman–Crippen LogP) is 4.44. The molecule has 1 aliphatic carbocycles. The van der Waals surface area contributed by atoms with Crippen LogP contribution in [-0.4, -0.2) is 22.8 Å². The first-order valence-corrected chi connectivity index (χ1v) is 9.74. The van der Waals surface area contributed by atoms with Crippen LogP contribution >= 0.6 is 0 Å². The summed E-state index contributed by atoms with van der Waals surface area (Å²) in [5.41, 5.74) is 3.23. The second-order valence-corrected chi connectivity index (χ2v) is 7.42. The molecule has 0 radical (unpaired) electrons. The lowest BCUT2D eigenvalue weighted by Crippen LogP contribution is -2.36. The molecule has 2 aromatic carbocycles. The number of carbonyl (C=O) groups is 2. The molecule has 0 bridgehead atoms. The van der Waals surface area contributed by atoms with E-state index in [9.17, 15) is 14.0 Å². The van der Waals surface area contributed by atoms with E-state index in [1.165, 1.54) is 12.1 Å². The van der Waals surface area contributed by atoms with Crippen LogP contribution in [-0.2, 0) is 16.1 Å². The summed E-state index contributed by atoms with van der Waals surface area (Å²) in [5, 5.41) is 2.71. The van der Waals surface area contributed by atoms with Crippen molar-refractivity contribution in [1.82, 2.24) is 4.90 Å². The average Bonchev–Trinajstić information content (AvgIpc) is 2.95. The van der Waals surface area contributed by atoms with Gasteiger partial charge in [0.2, 0.25) is 5.91 Å². The van der Waals surface area contributed by atoms with Gasteiger partial charge in [0.05, 0.1) is 12.5 Å². The molecule has 1 atom stereocenters. The van der Waals surface area contributed by atoms with Crippen LogP contribution in [0.4, 0.5) is 10.1 Å². The summed E-state index contributed by atoms with van der Waals surface area (Å²) in [4.78, 5) is 27.6. The van der Waals surface area contributed by atoms with Crippen molar-refractivity contribution in [2.45, 2.75) is 44.7 Å². The first-order chi connectivity index (χ1) is 13.6. The van der Waals surface area contributed by atoms with E-state index in [1.54, 1.807) is 12.1 Å². The van der Waals surface area contributed by atoms with Crippen molar-refractivity contribution in [3.63, 3.8) is 0 Å². The average molecular weight is 378 g/mol. The van der Waals surface area contributed by atoms with Crippen molar-refractivity contribution in [1.29, 1.82) is 0 Å². The Morgan fingerprint density at radius 2 is 1.93 bits per heavy atom. The third kappa shape index (κ3) is 3.84. The summed E-state index contributed by atoms with van der Waals surface area (Å²) in [5.74, 6) is -0.731. The highest BCUT2D eigenvalue weighted by atomic mass is 19.1. The van der Waals surface area contributed by atoms with E-state index in [0.717, 1.165) is 36.8 Å². The number of benzene rings is 2. The van der Waals surface area contributed by atoms with E-state index in [0.29, 0.717) is 17.8 Å². The number of hydrogen-bond donors (Lipinski definition) is 1. The van der Waals surface area contributed by atoms with Gasteiger partial charge in [-0.1, -0.05) is 42.8 Å². The Balaban J connectivity index is 1.51. The fraction of sp³-hybridized carbons (Fsp3) is 0.304. The van der Waals surface area contributed by atoms with Crippen LogP contribution in [0.5, 0.6) is 0 Å². The van der Waals surface area contributed by atoms with E-state index < -0.39 is 5.82 Å². The fourth-order valence-corrected chi connectivity index (χ4v) is 4.23. The fourth-order valence-electron chi connectivity index (χ4n) is 4.23. The second-order valence-electron chi connectivity index (χ2n) is 7.42. The number of rotatable bonds is 5. The normalized spacial score (nSPS) is 19.0. The van der Waals surface area contributed by atoms with Gasteiger partial charge in [-0.05, 0) is 48.6 Å². The monoisotopic (exact) mass is 378 g/mol. The number of nitrogens with one attached hydrogen (secondary N) is 1. The zero-order valence-corrected chi connectivity index (χ0v) is 15.7. The minimum atomic E-state index is -0.404. The van der Waals surface area contributed by atoms with Crippen molar-refractivity contribution in [2.24, 2.45) is 0 Å². The highest BCUT2D eigenvalue weighted by Gasteiger charge is 2.40. The SMILES string of the molecule is O=C(CC1=C2CCCCC2N(Cc2ccccc2)C1=O)Nc1cccc(F)c1. The molecule has 2 aliphatic rings. The molecule has 0 aromatic heterocycles. The minimum absolute atomic E-state index is 0.0342. The number of carbonyl (C=O) groups excluding carboxylic acids is 2. The number of fused-ring (bicyclic) bond motifs is 1. The lowest BCUT2D eigenvalue weighted by molar-refractivity contribution is -0.129. The maximum absolute atomic E-state index is 13.3. The number of halogens is 1. The lowest BCUT2D eigenvalue weighted by atomic mass is 9.88. The molecule has 2 aromatic rings. The van der Waals surface area contributed by atoms with Gasteiger partial charge in [0.15, 0.2) is 0 Å². The summed E-state index contributed by atoms with van der Waals surface area (Å²) in [6, 6.07) is 15.8. The molecule has 1 unspecified atom stereocenters. The minimum Gasteiger partial charge on any atom is -0.328 e. The number of anilines is 1. The molecule has 28 heavy (non-hydrogen) atoms. The molecule has 5 heteroatoms. The van der Waals surface area contributed by atoms with Gasteiger partial charge in [-0.15, -0.1) is 0 Å². The smallest absolute Gasteiger partial charge is 0.251 e. The highest BCUT2D eigenvalue weighted by Crippen LogP contribution is 2.38. The predicted molar refractivity (Wildman–Crippen MR) is 106 cm³/mol. The molecule has 0 spiro atoms. The van der Waals surface area contributed by atoms with Crippen LogP contribution in [0.3, 0.4) is 0 Å². The van der Waals surface area contributed by atoms with Crippen molar-refractivity contribution in [2.75, 3.05) is 5.32 Å². The van der Waals surface area contributed by atoms with Crippen LogP contribution in [0.15, 0.2) is 65.7 Å². The van der Waals surface area contributed by atoms with Crippen LogP contribution < -0.4 is 5.32 Å². The van der Waals surface area contributed by atoms with Crippen LogP contribution in [0, 0.1) is 5.82 Å². The summed E-state index contributed by atoms with van der Waals surface area (Å²) in [6.45, 7) is 0.558. The van der Waals surface area contributed by atoms with Crippen molar-refractivity contribution in [3.05, 3.63) is 77.1 Å². The molecule has 1 aliphatic heterocycles. The van der Waals surface area contributed by atoms with Crippen LogP contribution in [0.25, 0.3) is 0 Å². The van der Waals surface area contributed by atoms with E-state index in [-0.39, 0.29) is 24.3 Å². The molecular weight excluding hydrogens is 355 g/mol. The molecule has 4 rings (SSSR count). The molecule has 1 saturated carbocycles. The van der Waals surface area contributed by atoms with Gasteiger partial charge in [0, 0.05) is 17.8 Å². The Morgan fingerprint density at radius 3 is 2.71 bits per heavy atom. The van der Waals surface area contributed by atoms with Crippen molar-refractivity contribution in [3.8, 4) is 0 Å². The molecule has 0 saturated heterocycles. The zero-order chi connectivity index (χ0) is 19.5. The Labute approximate surface area is 164 Å². The molecule has 144 valence electrons. The van der Waals surface area contributed by atoms with Gasteiger partial charge in [0.25, 0.3) is 5.91 Å². The Morgan fingerprint density at radius 1 is 1.11 bits per heavy atom. The molecule has 2 amide bonds. The van der Waals surface area contributed by atoms with Crippen molar-refractivity contribution < 1.29 is 14.0 Å². The largest absolute Gasteiger partial charge is 0.328 e. The Bertz CT molecular complexity index is 923. The standard InChI is InChI=1S/C23H23FN2O2/c24-17-9-6-10-18(13-17)25-22(27)14-20-19-11-4-5-12-21(19)26(23(20)28)15-16-7-2-1-3-8-16/h1-3,6-10,13,21H,4-5,11-12,14-15H2,(H,25,27). The quantitative estimate of drug-likeness (QED) is 0.836. The van der Waals surface area contributed by atoms with Gasteiger partial charge in [-0.25, -0.2) is 4.39 Å². The van der Waals surface area contributed by atoms with E-state index in [1.807, 2.05) is 35.2 Å². The van der Waals surface area contributed by atoms with E-state index in [4.69, 9.17) is 0 Å². The van der Waals surface area contributed by atoms with Gasteiger partial charge < -0.3 is 10.2 Å². The molecule has 1 N–H and O–H groups in total. The third-order valence-electron chi connectivity index (χ3n) is 5.50. The highest BCUT2D eigenvalue weighted by molar-refractivity contribution is 6.04. The first-order valence-electron chi connectivity index (χ1n) is 9.74. The molecule has 1 heterocycles. The second kappa shape index (κ2) is 7.97. The third-order valence-corrected chi connectivity index (χ3v) is 5.50. The summed E-state index contributed by atoms with van der Waals surface area (Å²) >= 11 is 0. The number of amides is 2. The molecule has 4 nitrogen and oxygen atoms in total. The first kappa shape index (κ1) is 18.4. The lowest BCUT2D eigenvalue weighted by Gasteiger charge is -2.30. The van der Waals surface area contributed by atoms with Crippen LogP contribution in [0.1, 0.15) is 37.7 Å². The Kier molecular flexibility index (Phi) is 5.24. The van der Waals surface area contributed by atoms with E-state index in [2.05, 4.69) is 5.32 Å². The van der Waals surface area contributed by atoms with Gasteiger partial charge in [0.1, 0.15) is 5.82 Å². The van der Waals surface area contributed by atoms with Crippen molar-refractivity contribution >= 4 is 17.5 Å². The summed E-state index contributed by atoms with van der Waals surface area (Å²) in [7, 11) is 0. The topological polar surface area (TPSA) is 49.4 Å².